The molecule has 0 heterocycles. The largest absolute Gasteiger partial charge is 0.487 e. The lowest BCUT2D eigenvalue weighted by Gasteiger charge is -2.09. The van der Waals surface area contributed by atoms with Crippen molar-refractivity contribution in [1.29, 1.82) is 0 Å². The molecule has 0 spiro atoms. The summed E-state index contributed by atoms with van der Waals surface area (Å²) in [5, 5.41) is 1.03. The van der Waals surface area contributed by atoms with Crippen LogP contribution < -0.4 is 4.74 Å². The Kier molecular flexibility index (Phi) is 4.46. The van der Waals surface area contributed by atoms with Crippen LogP contribution in [0.25, 0.3) is 0 Å². The van der Waals surface area contributed by atoms with Gasteiger partial charge in [0.2, 0.25) is 0 Å². The molecule has 19 heavy (non-hydrogen) atoms. The highest BCUT2D eigenvalue weighted by Gasteiger charge is 2.04. The normalized spacial score (nSPS) is 10.3. The van der Waals surface area contributed by atoms with Crippen LogP contribution in [-0.2, 0) is 6.61 Å². The molecule has 0 aromatic heterocycles. The highest BCUT2D eigenvalue weighted by Crippen LogP contribution is 2.28. The second-order valence-electron chi connectivity index (χ2n) is 4.23. The van der Waals surface area contributed by atoms with Crippen LogP contribution in [0.1, 0.15) is 21.5 Å². The summed E-state index contributed by atoms with van der Waals surface area (Å²) in [4.78, 5) is 10.8. The van der Waals surface area contributed by atoms with E-state index in [2.05, 4.69) is 0 Å². The first-order chi connectivity index (χ1) is 9.08. The number of benzene rings is 2. The molecule has 98 valence electrons. The SMILES string of the molecule is Cc1cc(C=O)cc(COc2ccc(Cl)cc2Cl)c1. The molecule has 0 unspecified atom stereocenters. The third-order valence-corrected chi connectivity index (χ3v) is 3.11. The van der Waals surface area contributed by atoms with E-state index in [1.807, 2.05) is 19.1 Å². The van der Waals surface area contributed by atoms with E-state index in [9.17, 15) is 4.79 Å². The molecule has 2 rings (SSSR count). The number of carbonyl (C=O) groups excluding carboxylic acids is 1. The molecule has 0 fully saturated rings. The molecular formula is C15H12Cl2O2. The summed E-state index contributed by atoms with van der Waals surface area (Å²) in [7, 11) is 0. The van der Waals surface area contributed by atoms with Crippen LogP contribution >= 0.6 is 23.2 Å². The van der Waals surface area contributed by atoms with E-state index in [0.29, 0.717) is 28.0 Å². The summed E-state index contributed by atoms with van der Waals surface area (Å²) in [6, 6.07) is 10.7. The van der Waals surface area contributed by atoms with Crippen LogP contribution in [0.4, 0.5) is 0 Å². The van der Waals surface area contributed by atoms with Gasteiger partial charge >= 0.3 is 0 Å². The van der Waals surface area contributed by atoms with Gasteiger partial charge in [0, 0.05) is 10.6 Å². The fourth-order valence-corrected chi connectivity index (χ4v) is 2.26. The van der Waals surface area contributed by atoms with Crippen molar-refractivity contribution < 1.29 is 9.53 Å². The van der Waals surface area contributed by atoms with Gasteiger partial charge in [-0.3, -0.25) is 4.79 Å². The second kappa shape index (κ2) is 6.09. The highest BCUT2D eigenvalue weighted by atomic mass is 35.5. The summed E-state index contributed by atoms with van der Waals surface area (Å²) in [5.41, 5.74) is 2.58. The van der Waals surface area contributed by atoms with Crippen LogP contribution in [0.15, 0.2) is 36.4 Å². The van der Waals surface area contributed by atoms with Gasteiger partial charge in [0.15, 0.2) is 0 Å². The molecule has 0 bridgehead atoms. The maximum atomic E-state index is 10.8. The Hall–Kier alpha value is -1.51. The molecule has 0 saturated carbocycles. The lowest BCUT2D eigenvalue weighted by Crippen LogP contribution is -1.98. The molecule has 0 atom stereocenters. The Morgan fingerprint density at radius 3 is 2.63 bits per heavy atom. The lowest BCUT2D eigenvalue weighted by molar-refractivity contribution is 0.112. The minimum Gasteiger partial charge on any atom is -0.487 e. The zero-order valence-electron chi connectivity index (χ0n) is 10.3. The Bertz CT molecular complexity index is 609. The van der Waals surface area contributed by atoms with Crippen LogP contribution in [0.5, 0.6) is 5.75 Å². The standard InChI is InChI=1S/C15H12Cl2O2/c1-10-4-11(8-18)6-12(5-10)9-19-15-3-2-13(16)7-14(15)17/h2-8H,9H2,1H3. The van der Waals surface area contributed by atoms with E-state index in [1.54, 1.807) is 24.3 Å². The Labute approximate surface area is 121 Å². The Morgan fingerprint density at radius 2 is 1.95 bits per heavy atom. The first kappa shape index (κ1) is 13.9. The van der Waals surface area contributed by atoms with Gasteiger partial charge in [-0.2, -0.15) is 0 Å². The summed E-state index contributed by atoms with van der Waals surface area (Å²) < 4.78 is 5.63. The van der Waals surface area contributed by atoms with Gasteiger partial charge < -0.3 is 4.74 Å². The fraction of sp³-hybridized carbons (Fsp3) is 0.133. The number of halogens is 2. The molecule has 0 radical (unpaired) electrons. The van der Waals surface area contributed by atoms with Crippen LogP contribution in [0.2, 0.25) is 10.0 Å². The Morgan fingerprint density at radius 1 is 1.16 bits per heavy atom. The van der Waals surface area contributed by atoms with E-state index in [-0.39, 0.29) is 0 Å². The molecule has 2 nitrogen and oxygen atoms in total. The van der Waals surface area contributed by atoms with Gasteiger partial charge in [0.05, 0.1) is 5.02 Å². The van der Waals surface area contributed by atoms with E-state index < -0.39 is 0 Å². The maximum Gasteiger partial charge on any atom is 0.150 e. The first-order valence-electron chi connectivity index (χ1n) is 5.72. The van der Waals surface area contributed by atoms with Crippen LogP contribution in [-0.4, -0.2) is 6.29 Å². The number of aryl methyl sites for hydroxylation is 1. The van der Waals surface area contributed by atoms with Crippen molar-refractivity contribution in [3.8, 4) is 5.75 Å². The number of ether oxygens (including phenoxy) is 1. The van der Waals surface area contributed by atoms with Gasteiger partial charge in [-0.1, -0.05) is 34.8 Å². The predicted molar refractivity (Wildman–Crippen MR) is 77.4 cm³/mol. The van der Waals surface area contributed by atoms with Gasteiger partial charge in [-0.05, 0) is 42.8 Å². The van der Waals surface area contributed by atoms with E-state index in [1.165, 1.54) is 0 Å². The zero-order valence-corrected chi connectivity index (χ0v) is 11.8. The topological polar surface area (TPSA) is 26.3 Å². The van der Waals surface area contributed by atoms with Crippen LogP contribution in [0.3, 0.4) is 0 Å². The molecule has 0 aliphatic carbocycles. The maximum absolute atomic E-state index is 10.8. The van der Waals surface area contributed by atoms with Crippen molar-refractivity contribution >= 4 is 29.5 Å². The summed E-state index contributed by atoms with van der Waals surface area (Å²) in [5.74, 6) is 0.570. The number of aldehydes is 1. The van der Waals surface area contributed by atoms with Crippen LogP contribution in [0, 0.1) is 6.92 Å². The zero-order chi connectivity index (χ0) is 13.8. The van der Waals surface area contributed by atoms with E-state index in [0.717, 1.165) is 17.4 Å². The molecular weight excluding hydrogens is 283 g/mol. The molecule has 0 aliphatic heterocycles. The molecule has 2 aromatic carbocycles. The smallest absolute Gasteiger partial charge is 0.150 e. The van der Waals surface area contributed by atoms with Gasteiger partial charge in [0.1, 0.15) is 18.6 Å². The first-order valence-corrected chi connectivity index (χ1v) is 6.47. The minimum absolute atomic E-state index is 0.351. The summed E-state index contributed by atoms with van der Waals surface area (Å²) in [6.45, 7) is 2.29. The second-order valence-corrected chi connectivity index (χ2v) is 5.08. The summed E-state index contributed by atoms with van der Waals surface area (Å²) >= 11 is 11.8. The third-order valence-electron chi connectivity index (χ3n) is 2.58. The number of hydrogen-bond donors (Lipinski definition) is 0. The molecule has 4 heteroatoms. The monoisotopic (exact) mass is 294 g/mol. The molecule has 0 amide bonds. The van der Waals surface area contributed by atoms with Gasteiger partial charge in [-0.15, -0.1) is 0 Å². The van der Waals surface area contributed by atoms with E-state index in [4.69, 9.17) is 27.9 Å². The van der Waals surface area contributed by atoms with Gasteiger partial charge in [-0.25, -0.2) is 0 Å². The average molecular weight is 295 g/mol. The number of carbonyl (C=O) groups is 1. The van der Waals surface area contributed by atoms with Crippen molar-refractivity contribution in [2.45, 2.75) is 13.5 Å². The molecule has 0 aliphatic rings. The van der Waals surface area contributed by atoms with E-state index >= 15 is 0 Å². The average Bonchev–Trinajstić information content (AvgIpc) is 2.37. The number of rotatable bonds is 4. The fourth-order valence-electron chi connectivity index (χ4n) is 1.80. The predicted octanol–water partition coefficient (Wildman–Crippen LogP) is 4.69. The van der Waals surface area contributed by atoms with Crippen molar-refractivity contribution in [2.24, 2.45) is 0 Å². The Balaban J connectivity index is 2.14. The summed E-state index contributed by atoms with van der Waals surface area (Å²) in [6.07, 6.45) is 0.825. The molecule has 0 saturated heterocycles. The van der Waals surface area contributed by atoms with Crippen molar-refractivity contribution in [1.82, 2.24) is 0 Å². The third kappa shape index (κ3) is 3.72. The molecule has 2 aromatic rings. The number of hydrogen-bond acceptors (Lipinski definition) is 2. The lowest BCUT2D eigenvalue weighted by atomic mass is 10.1. The highest BCUT2D eigenvalue weighted by molar-refractivity contribution is 6.35. The van der Waals surface area contributed by atoms with Crippen molar-refractivity contribution in [2.75, 3.05) is 0 Å². The van der Waals surface area contributed by atoms with Crippen molar-refractivity contribution in [3.05, 3.63) is 63.1 Å². The molecule has 0 N–H and O–H groups in total. The minimum atomic E-state index is 0.351. The quantitative estimate of drug-likeness (QED) is 0.765. The van der Waals surface area contributed by atoms with Crippen molar-refractivity contribution in [3.63, 3.8) is 0 Å². The van der Waals surface area contributed by atoms with Gasteiger partial charge in [0.25, 0.3) is 0 Å².